The second-order valence-electron chi connectivity index (χ2n) is 5.45. The molecule has 5 nitrogen and oxygen atoms in total. The molecule has 5 heteroatoms. The van der Waals surface area contributed by atoms with Crippen LogP contribution in [-0.2, 0) is 11.4 Å². The monoisotopic (exact) mass is 372 g/mol. The van der Waals surface area contributed by atoms with Crippen molar-refractivity contribution in [2.75, 3.05) is 14.2 Å². The normalized spacial score (nSPS) is 9.63. The maximum atomic E-state index is 10.7. The van der Waals surface area contributed by atoms with Crippen LogP contribution in [0.1, 0.15) is 37.8 Å². The zero-order valence-corrected chi connectivity index (χ0v) is 16.5. The third-order valence-corrected chi connectivity index (χ3v) is 3.80. The van der Waals surface area contributed by atoms with Gasteiger partial charge >= 0.3 is 5.97 Å². The van der Waals surface area contributed by atoms with Gasteiger partial charge < -0.3 is 19.3 Å². The van der Waals surface area contributed by atoms with Crippen LogP contribution in [0, 0.1) is 0 Å². The number of methoxy groups -OCH3 is 2. The molecule has 0 aliphatic heterocycles. The number of carboxylic acids is 1. The van der Waals surface area contributed by atoms with E-state index < -0.39 is 5.97 Å². The summed E-state index contributed by atoms with van der Waals surface area (Å²) >= 11 is 0. The van der Waals surface area contributed by atoms with Crippen molar-refractivity contribution in [1.29, 1.82) is 0 Å². The average Bonchev–Trinajstić information content (AvgIpc) is 2.71. The van der Waals surface area contributed by atoms with Gasteiger partial charge in [0.05, 0.1) is 19.8 Å². The van der Waals surface area contributed by atoms with Crippen LogP contribution in [0.25, 0.3) is 5.57 Å². The van der Waals surface area contributed by atoms with E-state index in [9.17, 15) is 4.79 Å². The Morgan fingerprint density at radius 2 is 1.59 bits per heavy atom. The summed E-state index contributed by atoms with van der Waals surface area (Å²) in [6, 6.07) is 13.0. The van der Waals surface area contributed by atoms with Gasteiger partial charge in [-0.1, -0.05) is 38.6 Å². The first kappa shape index (κ1) is 22.1. The highest BCUT2D eigenvalue weighted by molar-refractivity contribution is 5.72. The minimum Gasteiger partial charge on any atom is -0.496 e. The zero-order valence-electron chi connectivity index (χ0n) is 16.5. The summed E-state index contributed by atoms with van der Waals surface area (Å²) in [5.74, 6) is 1.22. The van der Waals surface area contributed by atoms with Crippen molar-refractivity contribution in [3.05, 3.63) is 60.2 Å². The smallest absolute Gasteiger partial charge is 0.303 e. The van der Waals surface area contributed by atoms with E-state index in [1.54, 1.807) is 14.2 Å². The Bertz CT molecular complexity index is 730. The third kappa shape index (κ3) is 6.70. The Hall–Kier alpha value is -2.95. The summed E-state index contributed by atoms with van der Waals surface area (Å²) in [5, 5.41) is 8.78. The predicted molar refractivity (Wildman–Crippen MR) is 108 cm³/mol. The van der Waals surface area contributed by atoms with Crippen LogP contribution in [0.15, 0.2) is 49.0 Å². The van der Waals surface area contributed by atoms with Crippen molar-refractivity contribution in [3.8, 4) is 17.2 Å². The molecule has 0 aromatic heterocycles. The molecule has 0 saturated heterocycles. The minimum atomic E-state index is -0.836. The average molecular weight is 372 g/mol. The molecule has 2 aromatic rings. The first-order chi connectivity index (χ1) is 13.0. The Kier molecular flexibility index (Phi) is 9.51. The summed E-state index contributed by atoms with van der Waals surface area (Å²) in [7, 11) is 3.21. The van der Waals surface area contributed by atoms with E-state index in [0.717, 1.165) is 16.7 Å². The molecule has 146 valence electrons. The van der Waals surface area contributed by atoms with Crippen molar-refractivity contribution in [1.82, 2.24) is 0 Å². The molecular weight excluding hydrogens is 344 g/mol. The maximum Gasteiger partial charge on any atom is 0.303 e. The quantitative estimate of drug-likeness (QED) is 0.656. The molecular formula is C22H28O5. The Labute approximate surface area is 161 Å². The molecule has 1 N–H and O–H groups in total. The number of hydrogen-bond acceptors (Lipinski definition) is 4. The largest absolute Gasteiger partial charge is 0.496 e. The number of allylic oxidation sites excluding steroid dienone is 1. The number of benzene rings is 2. The lowest BCUT2D eigenvalue weighted by Crippen LogP contribution is -2.02. The number of carbonyl (C=O) groups is 1. The fourth-order valence-electron chi connectivity index (χ4n) is 2.43. The molecule has 0 radical (unpaired) electrons. The van der Waals surface area contributed by atoms with Crippen LogP contribution in [0.2, 0.25) is 0 Å². The van der Waals surface area contributed by atoms with Crippen LogP contribution in [0.5, 0.6) is 17.2 Å². The van der Waals surface area contributed by atoms with Crippen molar-refractivity contribution in [2.24, 2.45) is 0 Å². The number of carboxylic acid groups (broad SMARTS) is 1. The van der Waals surface area contributed by atoms with Crippen LogP contribution in [-0.4, -0.2) is 25.3 Å². The van der Waals surface area contributed by atoms with Gasteiger partial charge in [-0.2, -0.15) is 0 Å². The van der Waals surface area contributed by atoms with Gasteiger partial charge in [0.2, 0.25) is 0 Å². The molecule has 0 heterocycles. The molecule has 0 bridgehead atoms. The molecule has 27 heavy (non-hydrogen) atoms. The summed E-state index contributed by atoms with van der Waals surface area (Å²) in [5.41, 5.74) is 2.45. The molecule has 0 amide bonds. The minimum absolute atomic E-state index is 0.0579. The summed E-state index contributed by atoms with van der Waals surface area (Å²) in [6.07, 6.45) is 0.460. The molecule has 0 spiro atoms. The van der Waals surface area contributed by atoms with Crippen molar-refractivity contribution >= 4 is 11.5 Å². The molecule has 0 fully saturated rings. The molecule has 0 atom stereocenters. The number of aliphatic carboxylic acids is 1. The van der Waals surface area contributed by atoms with Gasteiger partial charge in [0, 0.05) is 6.42 Å². The van der Waals surface area contributed by atoms with Crippen molar-refractivity contribution < 1.29 is 24.1 Å². The third-order valence-electron chi connectivity index (χ3n) is 3.80. The van der Waals surface area contributed by atoms with E-state index >= 15 is 0 Å². The first-order valence-electron chi connectivity index (χ1n) is 8.87. The fourth-order valence-corrected chi connectivity index (χ4v) is 2.43. The molecule has 0 aliphatic carbocycles. The lowest BCUT2D eigenvalue weighted by atomic mass is 10.0. The van der Waals surface area contributed by atoms with E-state index in [-0.39, 0.29) is 13.0 Å². The van der Waals surface area contributed by atoms with E-state index in [2.05, 4.69) is 6.58 Å². The van der Waals surface area contributed by atoms with Gasteiger partial charge in [-0.05, 0) is 41.8 Å². The molecule has 0 aliphatic rings. The lowest BCUT2D eigenvalue weighted by Gasteiger charge is -2.14. The fraction of sp³-hybridized carbons (Fsp3) is 0.318. The summed E-state index contributed by atoms with van der Waals surface area (Å²) in [6.45, 7) is 8.24. The van der Waals surface area contributed by atoms with Gasteiger partial charge in [-0.25, -0.2) is 0 Å². The number of ether oxygens (including phenoxy) is 3. The molecule has 2 rings (SSSR count). The second-order valence-corrected chi connectivity index (χ2v) is 5.45. The first-order valence-corrected chi connectivity index (χ1v) is 8.87. The molecule has 0 saturated carbocycles. The topological polar surface area (TPSA) is 65.0 Å². The lowest BCUT2D eigenvalue weighted by molar-refractivity contribution is -0.136. The Morgan fingerprint density at radius 3 is 2.15 bits per heavy atom. The highest BCUT2D eigenvalue weighted by Gasteiger charge is 2.11. The van der Waals surface area contributed by atoms with Crippen LogP contribution in [0.4, 0.5) is 0 Å². The van der Waals surface area contributed by atoms with E-state index in [0.29, 0.717) is 23.7 Å². The van der Waals surface area contributed by atoms with Gasteiger partial charge in [0.25, 0.3) is 0 Å². The van der Waals surface area contributed by atoms with Crippen LogP contribution >= 0.6 is 0 Å². The second kappa shape index (κ2) is 11.6. The van der Waals surface area contributed by atoms with Gasteiger partial charge in [0.1, 0.15) is 23.9 Å². The summed E-state index contributed by atoms with van der Waals surface area (Å²) in [4.78, 5) is 10.7. The van der Waals surface area contributed by atoms with Crippen LogP contribution in [0.3, 0.4) is 0 Å². The van der Waals surface area contributed by atoms with E-state index in [4.69, 9.17) is 19.3 Å². The maximum absolute atomic E-state index is 10.7. The van der Waals surface area contributed by atoms with Crippen LogP contribution < -0.4 is 14.2 Å². The van der Waals surface area contributed by atoms with Gasteiger partial charge in [-0.3, -0.25) is 4.79 Å². The molecule has 2 aromatic carbocycles. The Morgan fingerprint density at radius 1 is 1.00 bits per heavy atom. The predicted octanol–water partition coefficient (Wildman–Crippen LogP) is 5.19. The van der Waals surface area contributed by atoms with Crippen molar-refractivity contribution in [2.45, 2.75) is 33.3 Å². The summed E-state index contributed by atoms with van der Waals surface area (Å²) < 4.78 is 16.6. The SMILES string of the molecule is C=C(CCC(=O)O)c1cccc(OCc2c(OC)cccc2OC)c1.CC. The standard InChI is InChI=1S/C20H22O5.C2H6/c1-14(10-11-20(21)22)15-6-4-7-16(12-15)25-13-17-18(23-2)8-5-9-19(17)24-3;1-2/h4-9,12H,1,10-11,13H2,2-3H3,(H,21,22);1-2H3. The number of hydrogen-bond donors (Lipinski definition) is 1. The Balaban J connectivity index is 0.00000176. The highest BCUT2D eigenvalue weighted by atomic mass is 16.5. The van der Waals surface area contributed by atoms with Gasteiger partial charge in [0.15, 0.2) is 0 Å². The number of rotatable bonds is 9. The van der Waals surface area contributed by atoms with E-state index in [1.807, 2.05) is 56.3 Å². The van der Waals surface area contributed by atoms with Crippen molar-refractivity contribution in [3.63, 3.8) is 0 Å². The molecule has 0 unspecified atom stereocenters. The highest BCUT2D eigenvalue weighted by Crippen LogP contribution is 2.30. The zero-order chi connectivity index (χ0) is 20.2. The van der Waals surface area contributed by atoms with E-state index in [1.165, 1.54) is 0 Å². The van der Waals surface area contributed by atoms with Gasteiger partial charge in [-0.15, -0.1) is 0 Å².